The summed E-state index contributed by atoms with van der Waals surface area (Å²) in [6.45, 7) is 4.49. The van der Waals surface area contributed by atoms with Crippen LogP contribution in [0.1, 0.15) is 26.7 Å². The van der Waals surface area contributed by atoms with Crippen LogP contribution in [0, 0.1) is 0 Å². The van der Waals surface area contributed by atoms with E-state index in [9.17, 15) is 4.79 Å². The molecule has 0 saturated heterocycles. The summed E-state index contributed by atoms with van der Waals surface area (Å²) >= 11 is 0. The van der Waals surface area contributed by atoms with E-state index in [1.807, 2.05) is 42.0 Å². The first kappa shape index (κ1) is 13.5. The zero-order valence-corrected chi connectivity index (χ0v) is 11.5. The second kappa shape index (κ2) is 5.78. The number of benzene rings is 1. The number of carbonyl (C=O) groups is 1. The molecule has 1 aromatic heterocycles. The number of anilines is 1. The largest absolute Gasteiger partial charge is 0.398 e. The highest BCUT2D eigenvalue weighted by Crippen LogP contribution is 2.21. The fraction of sp³-hybridized carbons (Fsp3) is 0.400. The van der Waals surface area contributed by atoms with Gasteiger partial charge in [-0.1, -0.05) is 19.4 Å². The molecule has 0 radical (unpaired) electrons. The maximum absolute atomic E-state index is 12.0. The van der Waals surface area contributed by atoms with Crippen molar-refractivity contribution in [3.05, 3.63) is 30.5 Å². The van der Waals surface area contributed by atoms with Gasteiger partial charge in [0.15, 0.2) is 0 Å². The molecule has 0 aliphatic rings. The van der Waals surface area contributed by atoms with Crippen molar-refractivity contribution in [1.82, 2.24) is 9.88 Å². The zero-order chi connectivity index (χ0) is 13.8. The number of nitrogens with zero attached hydrogens (tertiary/aromatic N) is 1. The van der Waals surface area contributed by atoms with Crippen molar-refractivity contribution in [3.63, 3.8) is 0 Å². The summed E-state index contributed by atoms with van der Waals surface area (Å²) in [5, 5.41) is 4.00. The van der Waals surface area contributed by atoms with E-state index in [-0.39, 0.29) is 11.9 Å². The fourth-order valence-electron chi connectivity index (χ4n) is 2.37. The van der Waals surface area contributed by atoms with Crippen LogP contribution in [0.5, 0.6) is 0 Å². The van der Waals surface area contributed by atoms with Crippen molar-refractivity contribution in [1.29, 1.82) is 0 Å². The predicted molar refractivity (Wildman–Crippen MR) is 78.9 cm³/mol. The lowest BCUT2D eigenvalue weighted by atomic mass is 10.2. The highest BCUT2D eigenvalue weighted by Gasteiger charge is 2.09. The number of amides is 1. The average Bonchev–Trinajstić information content (AvgIpc) is 2.74. The lowest BCUT2D eigenvalue weighted by Gasteiger charge is -2.13. The van der Waals surface area contributed by atoms with Crippen molar-refractivity contribution in [3.8, 4) is 0 Å². The molecule has 2 rings (SSSR count). The standard InChI is InChI=1S/C15H21N3O/c1-3-5-11(2)17-15(19)10-18-9-8-12-13(16)6-4-7-14(12)18/h4,6-9,11H,3,5,10,16H2,1-2H3,(H,17,19). The van der Waals surface area contributed by atoms with Crippen LogP contribution in [0.3, 0.4) is 0 Å². The SMILES string of the molecule is CCCC(C)NC(=O)Cn1ccc2c(N)cccc21. The van der Waals surface area contributed by atoms with Crippen molar-refractivity contribution in [2.24, 2.45) is 0 Å². The van der Waals surface area contributed by atoms with Crippen LogP contribution in [-0.2, 0) is 11.3 Å². The first-order chi connectivity index (χ1) is 9.11. The Balaban J connectivity index is 2.09. The number of nitrogens with one attached hydrogen (secondary N) is 1. The van der Waals surface area contributed by atoms with Gasteiger partial charge in [0.2, 0.25) is 5.91 Å². The van der Waals surface area contributed by atoms with Crippen LogP contribution in [0.2, 0.25) is 0 Å². The number of hydrogen-bond acceptors (Lipinski definition) is 2. The molecule has 0 fully saturated rings. The van der Waals surface area contributed by atoms with Crippen molar-refractivity contribution in [2.45, 2.75) is 39.3 Å². The quantitative estimate of drug-likeness (QED) is 0.811. The Morgan fingerprint density at radius 2 is 2.21 bits per heavy atom. The summed E-state index contributed by atoms with van der Waals surface area (Å²) < 4.78 is 1.93. The number of hydrogen-bond donors (Lipinski definition) is 2. The first-order valence-corrected chi connectivity index (χ1v) is 6.74. The van der Waals surface area contributed by atoms with Crippen LogP contribution in [0.25, 0.3) is 10.9 Å². The minimum absolute atomic E-state index is 0.0425. The van der Waals surface area contributed by atoms with Crippen LogP contribution < -0.4 is 11.1 Å². The zero-order valence-electron chi connectivity index (χ0n) is 11.5. The summed E-state index contributed by atoms with van der Waals surface area (Å²) in [5.74, 6) is 0.0425. The number of carbonyl (C=O) groups excluding carboxylic acids is 1. The van der Waals surface area contributed by atoms with Gasteiger partial charge in [0, 0.05) is 23.3 Å². The average molecular weight is 259 g/mol. The number of fused-ring (bicyclic) bond motifs is 1. The van der Waals surface area contributed by atoms with Gasteiger partial charge in [0.05, 0.1) is 5.52 Å². The van der Waals surface area contributed by atoms with Gasteiger partial charge in [0.1, 0.15) is 6.54 Å². The molecular weight excluding hydrogens is 238 g/mol. The molecule has 3 N–H and O–H groups in total. The molecule has 0 bridgehead atoms. The third kappa shape index (κ3) is 3.08. The Bertz CT molecular complexity index is 574. The Morgan fingerprint density at radius 1 is 1.42 bits per heavy atom. The molecule has 1 atom stereocenters. The molecule has 1 unspecified atom stereocenters. The topological polar surface area (TPSA) is 60.0 Å². The molecule has 4 nitrogen and oxygen atoms in total. The highest BCUT2D eigenvalue weighted by atomic mass is 16.2. The van der Waals surface area contributed by atoms with Gasteiger partial charge in [-0.3, -0.25) is 4.79 Å². The summed E-state index contributed by atoms with van der Waals surface area (Å²) in [6.07, 6.45) is 3.99. The van der Waals surface area contributed by atoms with Gasteiger partial charge in [0.25, 0.3) is 0 Å². The molecule has 0 aliphatic heterocycles. The van der Waals surface area contributed by atoms with Crippen LogP contribution in [0.15, 0.2) is 30.5 Å². The maximum atomic E-state index is 12.0. The monoisotopic (exact) mass is 259 g/mol. The van der Waals surface area contributed by atoms with Gasteiger partial charge in [-0.05, 0) is 31.5 Å². The summed E-state index contributed by atoms with van der Waals surface area (Å²) in [4.78, 5) is 12.0. The maximum Gasteiger partial charge on any atom is 0.240 e. The third-order valence-electron chi connectivity index (χ3n) is 3.29. The molecular formula is C15H21N3O. The summed E-state index contributed by atoms with van der Waals surface area (Å²) in [6, 6.07) is 7.94. The van der Waals surface area contributed by atoms with E-state index >= 15 is 0 Å². The molecule has 0 spiro atoms. The van der Waals surface area contributed by atoms with Gasteiger partial charge in [-0.2, -0.15) is 0 Å². The lowest BCUT2D eigenvalue weighted by Crippen LogP contribution is -2.34. The van der Waals surface area contributed by atoms with E-state index in [2.05, 4.69) is 12.2 Å². The van der Waals surface area contributed by atoms with Gasteiger partial charge in [-0.25, -0.2) is 0 Å². The fourth-order valence-corrected chi connectivity index (χ4v) is 2.37. The van der Waals surface area contributed by atoms with E-state index in [4.69, 9.17) is 5.73 Å². The molecule has 2 aromatic rings. The molecule has 1 amide bonds. The second-order valence-corrected chi connectivity index (χ2v) is 4.98. The predicted octanol–water partition coefficient (Wildman–Crippen LogP) is 2.53. The molecule has 102 valence electrons. The van der Waals surface area contributed by atoms with Crippen LogP contribution in [0.4, 0.5) is 5.69 Å². The normalized spacial score (nSPS) is 12.5. The third-order valence-corrected chi connectivity index (χ3v) is 3.29. The van der Waals surface area contributed by atoms with Gasteiger partial charge < -0.3 is 15.6 Å². The Labute approximate surface area is 113 Å². The van der Waals surface area contributed by atoms with E-state index in [0.717, 1.165) is 29.4 Å². The van der Waals surface area contributed by atoms with E-state index in [1.54, 1.807) is 0 Å². The molecule has 19 heavy (non-hydrogen) atoms. The molecule has 0 aliphatic carbocycles. The Kier molecular flexibility index (Phi) is 4.10. The Morgan fingerprint density at radius 3 is 2.95 bits per heavy atom. The Hall–Kier alpha value is -1.97. The molecule has 0 saturated carbocycles. The van der Waals surface area contributed by atoms with Crippen LogP contribution >= 0.6 is 0 Å². The lowest BCUT2D eigenvalue weighted by molar-refractivity contribution is -0.122. The molecule has 1 heterocycles. The van der Waals surface area contributed by atoms with Gasteiger partial charge in [-0.15, -0.1) is 0 Å². The smallest absolute Gasteiger partial charge is 0.240 e. The minimum atomic E-state index is 0.0425. The van der Waals surface area contributed by atoms with E-state index < -0.39 is 0 Å². The van der Waals surface area contributed by atoms with Crippen molar-refractivity contribution >= 4 is 22.5 Å². The molecule has 1 aromatic carbocycles. The van der Waals surface area contributed by atoms with E-state index in [0.29, 0.717) is 6.54 Å². The molecule has 4 heteroatoms. The first-order valence-electron chi connectivity index (χ1n) is 6.74. The summed E-state index contributed by atoms with van der Waals surface area (Å²) in [7, 11) is 0. The van der Waals surface area contributed by atoms with Gasteiger partial charge >= 0.3 is 0 Å². The second-order valence-electron chi connectivity index (χ2n) is 4.98. The van der Waals surface area contributed by atoms with Crippen molar-refractivity contribution < 1.29 is 4.79 Å². The van der Waals surface area contributed by atoms with E-state index in [1.165, 1.54) is 0 Å². The number of nitrogens with two attached hydrogens (primary N) is 1. The van der Waals surface area contributed by atoms with Crippen LogP contribution in [-0.4, -0.2) is 16.5 Å². The number of nitrogen functional groups attached to an aromatic ring is 1. The number of rotatable bonds is 5. The van der Waals surface area contributed by atoms with Crippen molar-refractivity contribution in [2.75, 3.05) is 5.73 Å². The minimum Gasteiger partial charge on any atom is -0.398 e. The number of aromatic nitrogens is 1. The highest BCUT2D eigenvalue weighted by molar-refractivity contribution is 5.92. The summed E-state index contributed by atoms with van der Waals surface area (Å²) in [5.41, 5.74) is 7.65.